The van der Waals surface area contributed by atoms with Crippen LogP contribution in [0.5, 0.6) is 5.88 Å². The molecule has 11 heteroatoms. The molecule has 172 valence electrons. The molecular weight excluding hydrogens is 442 g/mol. The van der Waals surface area contributed by atoms with Crippen molar-refractivity contribution in [1.29, 1.82) is 0 Å². The number of hydrogen-bond acceptors (Lipinski definition) is 8. The van der Waals surface area contributed by atoms with Crippen molar-refractivity contribution in [2.45, 2.75) is 25.9 Å². The van der Waals surface area contributed by atoms with Crippen LogP contribution in [0.1, 0.15) is 29.4 Å². The lowest BCUT2D eigenvalue weighted by molar-refractivity contribution is 0.0243. The van der Waals surface area contributed by atoms with Crippen LogP contribution >= 0.6 is 11.3 Å². The number of aromatic nitrogens is 5. The Bertz CT molecular complexity index is 1270. The Hall–Kier alpha value is -3.44. The molecule has 5 heterocycles. The fourth-order valence-electron chi connectivity index (χ4n) is 3.75. The zero-order chi connectivity index (χ0) is 22.8. The van der Waals surface area contributed by atoms with Crippen molar-refractivity contribution >= 4 is 39.9 Å². The number of thiophene rings is 1. The number of carbonyl (C=O) groups is 1. The summed E-state index contributed by atoms with van der Waals surface area (Å²) in [5.74, 6) is 0.820. The maximum Gasteiger partial charge on any atom is 0.261 e. The molecule has 4 aromatic heterocycles. The maximum absolute atomic E-state index is 12.1. The summed E-state index contributed by atoms with van der Waals surface area (Å²) in [6.07, 6.45) is 7.29. The van der Waals surface area contributed by atoms with Crippen molar-refractivity contribution in [3.63, 3.8) is 0 Å². The summed E-state index contributed by atoms with van der Waals surface area (Å²) in [7, 11) is 1.88. The average Bonchev–Trinajstić information content (AvgIpc) is 3.54. The third-order valence-corrected chi connectivity index (χ3v) is 6.26. The predicted molar refractivity (Wildman–Crippen MR) is 126 cm³/mol. The predicted octanol–water partition coefficient (Wildman–Crippen LogP) is 3.27. The monoisotopic (exact) mass is 467 g/mol. The van der Waals surface area contributed by atoms with Crippen LogP contribution in [-0.4, -0.2) is 56.1 Å². The van der Waals surface area contributed by atoms with Crippen LogP contribution in [-0.2, 0) is 11.8 Å². The molecule has 2 N–H and O–H groups in total. The molecule has 0 unspecified atom stereocenters. The Morgan fingerprint density at radius 1 is 1.33 bits per heavy atom. The molecule has 0 radical (unpaired) electrons. The molecule has 10 nitrogen and oxygen atoms in total. The van der Waals surface area contributed by atoms with E-state index < -0.39 is 0 Å². The molecule has 0 saturated carbocycles. The van der Waals surface area contributed by atoms with E-state index in [0.717, 1.165) is 35.2 Å². The Kier molecular flexibility index (Phi) is 5.97. The first-order valence-corrected chi connectivity index (χ1v) is 11.7. The standard InChI is InChI=1S/C22H25N7O3S/c1-3-23-20(30)18-10-14(13-33-18)25-22-26-17-4-7-29(15-11-24-28(2)12-15)19(17)21(27-22)32-16-5-8-31-9-6-16/h4,7,10-13,16H,3,5-6,8-9H2,1-2H3,(H,23,30)(H,25,26,27). The molecule has 1 amide bonds. The lowest BCUT2D eigenvalue weighted by Gasteiger charge is -2.23. The second-order valence-corrected chi connectivity index (χ2v) is 8.67. The SMILES string of the molecule is CCNC(=O)c1cc(Nc2nc(OC3CCOCC3)c3c(ccn3-c3cnn(C)c3)n2)cs1. The van der Waals surface area contributed by atoms with Gasteiger partial charge in [0.25, 0.3) is 5.91 Å². The van der Waals surface area contributed by atoms with Crippen molar-refractivity contribution in [3.8, 4) is 11.6 Å². The fraction of sp³-hybridized carbons (Fsp3) is 0.364. The number of aryl methyl sites for hydroxylation is 1. The van der Waals surface area contributed by atoms with Crippen LogP contribution in [0, 0.1) is 0 Å². The molecule has 0 bridgehead atoms. The van der Waals surface area contributed by atoms with E-state index in [1.807, 2.05) is 42.4 Å². The van der Waals surface area contributed by atoms with E-state index in [0.29, 0.717) is 36.5 Å². The van der Waals surface area contributed by atoms with Crippen LogP contribution in [0.2, 0.25) is 0 Å². The molecule has 1 saturated heterocycles. The largest absolute Gasteiger partial charge is 0.473 e. The Balaban J connectivity index is 1.50. The van der Waals surface area contributed by atoms with Gasteiger partial charge in [0, 0.05) is 44.2 Å². The van der Waals surface area contributed by atoms with Gasteiger partial charge in [0.15, 0.2) is 0 Å². The molecule has 1 fully saturated rings. The number of rotatable bonds is 7. The van der Waals surface area contributed by atoms with Gasteiger partial charge in [-0.15, -0.1) is 11.3 Å². The van der Waals surface area contributed by atoms with Gasteiger partial charge in [0.05, 0.1) is 41.2 Å². The summed E-state index contributed by atoms with van der Waals surface area (Å²) in [5, 5.41) is 12.2. The van der Waals surface area contributed by atoms with Crippen LogP contribution < -0.4 is 15.4 Å². The molecule has 0 spiro atoms. The minimum absolute atomic E-state index is 0.0208. The van der Waals surface area contributed by atoms with E-state index in [1.54, 1.807) is 16.9 Å². The van der Waals surface area contributed by atoms with Crippen LogP contribution in [0.25, 0.3) is 16.7 Å². The van der Waals surface area contributed by atoms with Gasteiger partial charge in [0.2, 0.25) is 11.8 Å². The fourth-order valence-corrected chi connectivity index (χ4v) is 4.50. The van der Waals surface area contributed by atoms with Gasteiger partial charge in [-0.1, -0.05) is 0 Å². The highest BCUT2D eigenvalue weighted by Gasteiger charge is 2.21. The van der Waals surface area contributed by atoms with Gasteiger partial charge in [-0.3, -0.25) is 9.48 Å². The van der Waals surface area contributed by atoms with Crippen LogP contribution in [0.15, 0.2) is 36.1 Å². The number of amides is 1. The van der Waals surface area contributed by atoms with Crippen LogP contribution in [0.3, 0.4) is 0 Å². The van der Waals surface area contributed by atoms with E-state index in [9.17, 15) is 4.79 Å². The van der Waals surface area contributed by atoms with E-state index >= 15 is 0 Å². The molecule has 33 heavy (non-hydrogen) atoms. The third kappa shape index (κ3) is 4.55. The summed E-state index contributed by atoms with van der Waals surface area (Å²) in [6, 6.07) is 3.73. The van der Waals surface area contributed by atoms with E-state index in [2.05, 4.69) is 15.7 Å². The summed E-state index contributed by atoms with van der Waals surface area (Å²) < 4.78 is 15.6. The van der Waals surface area contributed by atoms with E-state index in [4.69, 9.17) is 19.4 Å². The number of nitrogens with one attached hydrogen (secondary N) is 2. The summed E-state index contributed by atoms with van der Waals surface area (Å²) >= 11 is 1.37. The summed E-state index contributed by atoms with van der Waals surface area (Å²) in [5.41, 5.74) is 3.19. The Morgan fingerprint density at radius 3 is 2.94 bits per heavy atom. The van der Waals surface area contributed by atoms with Crippen molar-refractivity contribution in [2.75, 3.05) is 25.1 Å². The van der Waals surface area contributed by atoms with Gasteiger partial charge in [-0.25, -0.2) is 4.98 Å². The lowest BCUT2D eigenvalue weighted by atomic mass is 10.1. The highest BCUT2D eigenvalue weighted by atomic mass is 32.1. The molecule has 1 aliphatic rings. The molecule has 5 rings (SSSR count). The molecule has 0 aliphatic carbocycles. The normalized spacial score (nSPS) is 14.5. The van der Waals surface area contributed by atoms with Crippen molar-refractivity contribution in [1.82, 2.24) is 29.6 Å². The van der Waals surface area contributed by atoms with E-state index in [-0.39, 0.29) is 12.0 Å². The Labute approximate surface area is 194 Å². The van der Waals surface area contributed by atoms with E-state index in [1.165, 1.54) is 11.3 Å². The van der Waals surface area contributed by atoms with Gasteiger partial charge in [-0.2, -0.15) is 10.1 Å². The first-order chi connectivity index (χ1) is 16.1. The topological polar surface area (TPSA) is 108 Å². The second kappa shape index (κ2) is 9.20. The van der Waals surface area contributed by atoms with Crippen molar-refractivity contribution < 1.29 is 14.3 Å². The zero-order valence-electron chi connectivity index (χ0n) is 18.4. The smallest absolute Gasteiger partial charge is 0.261 e. The van der Waals surface area contributed by atoms with Crippen LogP contribution in [0.4, 0.5) is 11.6 Å². The highest BCUT2D eigenvalue weighted by Crippen LogP contribution is 2.31. The van der Waals surface area contributed by atoms with Gasteiger partial charge in [0.1, 0.15) is 11.6 Å². The quantitative estimate of drug-likeness (QED) is 0.429. The summed E-state index contributed by atoms with van der Waals surface area (Å²) in [6.45, 7) is 3.82. The van der Waals surface area contributed by atoms with Gasteiger partial charge >= 0.3 is 0 Å². The number of nitrogens with zero attached hydrogens (tertiary/aromatic N) is 5. The number of fused-ring (bicyclic) bond motifs is 1. The third-order valence-electron chi connectivity index (χ3n) is 5.33. The molecule has 4 aromatic rings. The average molecular weight is 468 g/mol. The highest BCUT2D eigenvalue weighted by molar-refractivity contribution is 7.12. The first kappa shape index (κ1) is 21.4. The maximum atomic E-state index is 12.1. The minimum Gasteiger partial charge on any atom is -0.473 e. The molecule has 0 aromatic carbocycles. The number of ether oxygens (including phenoxy) is 2. The molecule has 1 aliphatic heterocycles. The zero-order valence-corrected chi connectivity index (χ0v) is 19.3. The summed E-state index contributed by atoms with van der Waals surface area (Å²) in [4.78, 5) is 22.1. The second-order valence-electron chi connectivity index (χ2n) is 7.76. The first-order valence-electron chi connectivity index (χ1n) is 10.9. The van der Waals surface area contributed by atoms with Crippen molar-refractivity contribution in [3.05, 3.63) is 41.0 Å². The molecule has 0 atom stereocenters. The molecular formula is C22H25N7O3S. The van der Waals surface area contributed by atoms with Gasteiger partial charge in [-0.05, 0) is 19.1 Å². The number of anilines is 2. The van der Waals surface area contributed by atoms with Gasteiger partial charge < -0.3 is 24.7 Å². The van der Waals surface area contributed by atoms with Crippen molar-refractivity contribution in [2.24, 2.45) is 7.05 Å². The number of hydrogen-bond donors (Lipinski definition) is 2. The lowest BCUT2D eigenvalue weighted by Crippen LogP contribution is -2.26. The Morgan fingerprint density at radius 2 is 2.18 bits per heavy atom. The minimum atomic E-state index is -0.0935. The number of carbonyl (C=O) groups excluding carboxylic acids is 1.